The molecule has 3 N–H and O–H groups in total. The van der Waals surface area contributed by atoms with Gasteiger partial charge in [0.2, 0.25) is 5.78 Å². The number of nitrogens with zero attached hydrogens (tertiary/aromatic N) is 1. The summed E-state index contributed by atoms with van der Waals surface area (Å²) >= 11 is 1.34. The van der Waals surface area contributed by atoms with Gasteiger partial charge in [-0.1, -0.05) is 37.3 Å². The lowest BCUT2D eigenvalue weighted by atomic mass is 9.81. The third kappa shape index (κ3) is 3.33. The summed E-state index contributed by atoms with van der Waals surface area (Å²) in [5.74, 6) is -0.496. The molecule has 0 aliphatic carbocycles. The summed E-state index contributed by atoms with van der Waals surface area (Å²) in [7, 11) is 0. The number of benzene rings is 1. The fourth-order valence-electron chi connectivity index (χ4n) is 3.97. The van der Waals surface area contributed by atoms with Gasteiger partial charge in [0.25, 0.3) is 0 Å². The third-order valence-corrected chi connectivity index (χ3v) is 6.63. The second-order valence-corrected chi connectivity index (χ2v) is 8.43. The number of Topliss-reactive ketones (excluding diaryl/α,β-unsaturated/α-hetero) is 1. The van der Waals surface area contributed by atoms with E-state index in [4.69, 9.17) is 5.73 Å². The summed E-state index contributed by atoms with van der Waals surface area (Å²) in [6, 6.07) is 11.4. The fourth-order valence-corrected chi connectivity index (χ4v) is 5.15. The van der Waals surface area contributed by atoms with E-state index >= 15 is 0 Å². The maximum absolute atomic E-state index is 13.2. The predicted molar refractivity (Wildman–Crippen MR) is 121 cm³/mol. The highest BCUT2D eigenvalue weighted by Gasteiger charge is 2.36. The Balaban J connectivity index is 1.85. The van der Waals surface area contributed by atoms with Gasteiger partial charge in [-0.3, -0.25) is 14.6 Å². The minimum atomic E-state index is -0.354. The molecule has 0 saturated carbocycles. The summed E-state index contributed by atoms with van der Waals surface area (Å²) in [5, 5.41) is 4.10. The molecule has 6 heteroatoms. The first-order chi connectivity index (χ1) is 14.4. The van der Waals surface area contributed by atoms with Crippen molar-refractivity contribution in [2.45, 2.75) is 33.1 Å². The first-order valence-corrected chi connectivity index (χ1v) is 10.7. The van der Waals surface area contributed by atoms with Gasteiger partial charge in [0.05, 0.1) is 10.7 Å². The first kappa shape index (κ1) is 20.0. The number of pyridine rings is 1. The van der Waals surface area contributed by atoms with Crippen LogP contribution in [0.15, 0.2) is 60.1 Å². The van der Waals surface area contributed by atoms with Gasteiger partial charge in [-0.25, -0.2) is 0 Å². The van der Waals surface area contributed by atoms with Crippen LogP contribution in [0.2, 0.25) is 0 Å². The Bertz CT molecular complexity index is 1160. The number of allylic oxidation sites excluding steroid dienone is 2. The van der Waals surface area contributed by atoms with Crippen molar-refractivity contribution in [2.75, 3.05) is 11.1 Å². The van der Waals surface area contributed by atoms with Crippen LogP contribution < -0.4 is 11.1 Å². The van der Waals surface area contributed by atoms with Crippen molar-refractivity contribution in [1.82, 2.24) is 4.98 Å². The highest BCUT2D eigenvalue weighted by Crippen LogP contribution is 2.50. The predicted octanol–water partition coefficient (Wildman–Crippen LogP) is 4.94. The SMILES string of the molecule is CCc1ccc(C(=O)c2sc3c(c2N)[C@@H](c2cccnc2)C(C(C)=O)=C(C)N3)cc1. The number of anilines is 2. The topological polar surface area (TPSA) is 85.1 Å². The Kier molecular flexibility index (Phi) is 5.26. The monoisotopic (exact) mass is 417 g/mol. The quantitative estimate of drug-likeness (QED) is 0.575. The van der Waals surface area contributed by atoms with Crippen molar-refractivity contribution in [3.63, 3.8) is 0 Å². The largest absolute Gasteiger partial charge is 0.397 e. The van der Waals surface area contributed by atoms with Crippen LogP contribution in [0.3, 0.4) is 0 Å². The van der Waals surface area contributed by atoms with Crippen molar-refractivity contribution in [3.8, 4) is 0 Å². The van der Waals surface area contributed by atoms with E-state index in [1.807, 2.05) is 43.3 Å². The summed E-state index contributed by atoms with van der Waals surface area (Å²) in [4.78, 5) is 30.5. The number of ketones is 2. The fraction of sp³-hybridized carbons (Fsp3) is 0.208. The van der Waals surface area contributed by atoms with Crippen LogP contribution in [0.4, 0.5) is 10.7 Å². The van der Waals surface area contributed by atoms with Crippen molar-refractivity contribution < 1.29 is 9.59 Å². The van der Waals surface area contributed by atoms with Crippen molar-refractivity contribution in [1.29, 1.82) is 0 Å². The number of fused-ring (bicyclic) bond motifs is 1. The molecule has 5 nitrogen and oxygen atoms in total. The molecule has 0 spiro atoms. The Labute approximate surface area is 179 Å². The molecule has 1 aromatic carbocycles. The summed E-state index contributed by atoms with van der Waals surface area (Å²) in [5.41, 5.74) is 11.8. The maximum atomic E-state index is 13.2. The van der Waals surface area contributed by atoms with Gasteiger partial charge < -0.3 is 11.1 Å². The van der Waals surface area contributed by atoms with Crippen LogP contribution in [-0.4, -0.2) is 16.6 Å². The zero-order valence-corrected chi connectivity index (χ0v) is 18.0. The average Bonchev–Trinajstić information content (AvgIpc) is 3.08. The lowest BCUT2D eigenvalue weighted by Gasteiger charge is -2.28. The van der Waals surface area contributed by atoms with E-state index in [-0.39, 0.29) is 17.5 Å². The number of hydrogen-bond acceptors (Lipinski definition) is 6. The minimum Gasteiger partial charge on any atom is -0.397 e. The number of aromatic nitrogens is 1. The highest BCUT2D eigenvalue weighted by molar-refractivity contribution is 7.19. The smallest absolute Gasteiger partial charge is 0.205 e. The van der Waals surface area contributed by atoms with Crippen LogP contribution in [0.1, 0.15) is 58.6 Å². The van der Waals surface area contributed by atoms with E-state index in [2.05, 4.69) is 17.2 Å². The van der Waals surface area contributed by atoms with E-state index in [0.717, 1.165) is 28.2 Å². The molecule has 1 aliphatic heterocycles. The van der Waals surface area contributed by atoms with Crippen LogP contribution in [0, 0.1) is 0 Å². The normalized spacial score (nSPS) is 15.5. The molecule has 30 heavy (non-hydrogen) atoms. The van der Waals surface area contributed by atoms with E-state index in [1.165, 1.54) is 16.9 Å². The zero-order chi connectivity index (χ0) is 21.4. The average molecular weight is 418 g/mol. The number of carbonyl (C=O) groups excluding carboxylic acids is 2. The summed E-state index contributed by atoms with van der Waals surface area (Å²) in [6.45, 7) is 5.51. The van der Waals surface area contributed by atoms with Gasteiger partial charge >= 0.3 is 0 Å². The molecule has 4 rings (SSSR count). The first-order valence-electron chi connectivity index (χ1n) is 9.86. The molecule has 152 valence electrons. The zero-order valence-electron chi connectivity index (χ0n) is 17.2. The standard InChI is InChI=1S/C24H23N3O2S/c1-4-15-7-9-16(10-8-15)22(29)23-21(25)20-19(17-6-5-11-26-12-17)18(14(3)28)13(2)27-24(20)30-23/h5-12,19,27H,4,25H2,1-3H3/t19-/m0/s1. The molecule has 1 aliphatic rings. The minimum absolute atomic E-state index is 0.0341. The molecule has 0 radical (unpaired) electrons. The number of nitrogens with one attached hydrogen (secondary N) is 1. The summed E-state index contributed by atoms with van der Waals surface area (Å²) < 4.78 is 0. The lowest BCUT2D eigenvalue weighted by Crippen LogP contribution is -2.21. The Morgan fingerprint density at radius 3 is 2.53 bits per heavy atom. The van der Waals surface area contributed by atoms with Crippen LogP contribution in [-0.2, 0) is 11.2 Å². The number of nitrogen functional groups attached to an aromatic ring is 1. The highest BCUT2D eigenvalue weighted by atomic mass is 32.1. The van der Waals surface area contributed by atoms with Gasteiger partial charge in [0.1, 0.15) is 4.88 Å². The van der Waals surface area contributed by atoms with Gasteiger partial charge in [0, 0.05) is 40.7 Å². The molecule has 0 unspecified atom stereocenters. The molecule has 3 heterocycles. The van der Waals surface area contributed by atoms with Crippen LogP contribution in [0.25, 0.3) is 0 Å². The van der Waals surface area contributed by atoms with Gasteiger partial charge in [-0.15, -0.1) is 11.3 Å². The Morgan fingerprint density at radius 2 is 1.93 bits per heavy atom. The van der Waals surface area contributed by atoms with Gasteiger partial charge in [0.15, 0.2) is 5.78 Å². The second kappa shape index (κ2) is 7.88. The number of carbonyl (C=O) groups is 2. The number of thiophene rings is 1. The Hall–Kier alpha value is -3.25. The van der Waals surface area contributed by atoms with Gasteiger partial charge in [-0.05, 0) is 37.5 Å². The second-order valence-electron chi connectivity index (χ2n) is 7.41. The molecule has 0 bridgehead atoms. The van der Waals surface area contributed by atoms with Crippen molar-refractivity contribution in [2.24, 2.45) is 0 Å². The van der Waals surface area contributed by atoms with E-state index in [1.54, 1.807) is 19.3 Å². The number of nitrogens with two attached hydrogens (primary N) is 1. The van der Waals surface area contributed by atoms with E-state index in [9.17, 15) is 9.59 Å². The molecular weight excluding hydrogens is 394 g/mol. The van der Waals surface area contributed by atoms with Crippen LogP contribution in [0.5, 0.6) is 0 Å². The number of aryl methyl sites for hydroxylation is 1. The van der Waals surface area contributed by atoms with Crippen LogP contribution >= 0.6 is 11.3 Å². The molecule has 3 aromatic rings. The lowest BCUT2D eigenvalue weighted by molar-refractivity contribution is -0.113. The molecular formula is C24H23N3O2S. The molecule has 0 fully saturated rings. The number of hydrogen-bond donors (Lipinski definition) is 2. The molecule has 0 saturated heterocycles. The molecule has 0 amide bonds. The summed E-state index contributed by atoms with van der Waals surface area (Å²) in [6.07, 6.45) is 4.36. The van der Waals surface area contributed by atoms with E-state index < -0.39 is 0 Å². The molecule has 2 aromatic heterocycles. The van der Waals surface area contributed by atoms with Crippen molar-refractivity contribution in [3.05, 3.63) is 87.2 Å². The van der Waals surface area contributed by atoms with Crippen molar-refractivity contribution >= 4 is 33.6 Å². The van der Waals surface area contributed by atoms with E-state index in [0.29, 0.717) is 21.7 Å². The Morgan fingerprint density at radius 1 is 1.20 bits per heavy atom. The third-order valence-electron chi connectivity index (χ3n) is 5.49. The van der Waals surface area contributed by atoms with Gasteiger partial charge in [-0.2, -0.15) is 0 Å². The number of rotatable bonds is 5. The maximum Gasteiger partial charge on any atom is 0.205 e. The molecule has 1 atom stereocenters.